The van der Waals surface area contributed by atoms with E-state index in [0.717, 1.165) is 36.9 Å². The van der Waals surface area contributed by atoms with E-state index in [-0.39, 0.29) is 17.4 Å². The van der Waals surface area contributed by atoms with E-state index in [9.17, 15) is 9.18 Å². The fourth-order valence-corrected chi connectivity index (χ4v) is 4.45. The highest BCUT2D eigenvalue weighted by Gasteiger charge is 2.32. The normalized spacial score (nSPS) is 14.1. The number of rotatable bonds is 7. The summed E-state index contributed by atoms with van der Waals surface area (Å²) in [6.07, 6.45) is 3.72. The Bertz CT molecular complexity index is 1160. The van der Waals surface area contributed by atoms with Crippen LogP contribution in [0.3, 0.4) is 0 Å². The van der Waals surface area contributed by atoms with Gasteiger partial charge in [0.05, 0.1) is 11.6 Å². The summed E-state index contributed by atoms with van der Waals surface area (Å²) in [5, 5.41) is 5.11. The van der Waals surface area contributed by atoms with E-state index in [0.29, 0.717) is 34.5 Å². The molecule has 0 saturated heterocycles. The molecule has 3 aromatic rings. The van der Waals surface area contributed by atoms with Crippen LogP contribution in [-0.2, 0) is 0 Å². The van der Waals surface area contributed by atoms with Crippen molar-refractivity contribution in [1.29, 1.82) is 0 Å². The molecule has 30 heavy (non-hydrogen) atoms. The average molecular weight is 432 g/mol. The maximum Gasteiger partial charge on any atom is 0.278 e. The van der Waals surface area contributed by atoms with Crippen molar-refractivity contribution in [2.24, 2.45) is 0 Å². The summed E-state index contributed by atoms with van der Waals surface area (Å²) >= 11 is 6.50. The van der Waals surface area contributed by atoms with Crippen molar-refractivity contribution >= 4 is 17.1 Å². The second-order valence-electron chi connectivity index (χ2n) is 7.94. The van der Waals surface area contributed by atoms with Crippen molar-refractivity contribution in [3.8, 4) is 17.1 Å². The Hall–Kier alpha value is -2.34. The van der Waals surface area contributed by atoms with E-state index < -0.39 is 5.82 Å². The molecule has 0 N–H and O–H groups in total. The molecule has 1 aromatic carbocycles. The summed E-state index contributed by atoms with van der Waals surface area (Å²) in [6.45, 7) is 8.34. The summed E-state index contributed by atoms with van der Waals surface area (Å²) in [4.78, 5) is 13.7. The van der Waals surface area contributed by atoms with Crippen LogP contribution in [0.4, 0.5) is 4.39 Å². The predicted molar refractivity (Wildman–Crippen MR) is 117 cm³/mol. The number of ether oxygens (including phenoxy) is 1. The molecule has 5 nitrogen and oxygen atoms in total. The third-order valence-electron chi connectivity index (χ3n) is 5.93. The lowest BCUT2D eigenvalue weighted by Gasteiger charge is -2.16. The van der Waals surface area contributed by atoms with E-state index in [1.807, 2.05) is 6.92 Å². The molecule has 0 amide bonds. The maximum absolute atomic E-state index is 14.6. The molecule has 160 valence electrons. The summed E-state index contributed by atoms with van der Waals surface area (Å²) < 4.78 is 23.4. The lowest BCUT2D eigenvalue weighted by molar-refractivity contribution is 0.321. The van der Waals surface area contributed by atoms with Crippen LogP contribution in [0.15, 0.2) is 23.0 Å². The predicted octanol–water partition coefficient (Wildman–Crippen LogP) is 5.90. The second-order valence-corrected chi connectivity index (χ2v) is 8.35. The Kier molecular flexibility index (Phi) is 5.62. The number of benzene rings is 1. The minimum atomic E-state index is -0.519. The van der Waals surface area contributed by atoms with Crippen LogP contribution in [0.5, 0.6) is 5.75 Å². The van der Waals surface area contributed by atoms with Crippen LogP contribution in [0.1, 0.15) is 69.7 Å². The van der Waals surface area contributed by atoms with Gasteiger partial charge in [-0.15, -0.1) is 5.10 Å². The molecular weight excluding hydrogens is 405 g/mol. The van der Waals surface area contributed by atoms with Crippen LogP contribution in [0, 0.1) is 12.7 Å². The topological polar surface area (TPSA) is 48.5 Å². The summed E-state index contributed by atoms with van der Waals surface area (Å²) in [5.41, 5.74) is 2.87. The van der Waals surface area contributed by atoms with Gasteiger partial charge in [-0.25, -0.2) is 8.91 Å². The van der Waals surface area contributed by atoms with Crippen molar-refractivity contribution in [3.05, 3.63) is 50.7 Å². The zero-order valence-electron chi connectivity index (χ0n) is 17.8. The molecule has 0 aliphatic heterocycles. The zero-order chi connectivity index (χ0) is 21.6. The Morgan fingerprint density at radius 2 is 1.93 bits per heavy atom. The molecule has 0 atom stereocenters. The smallest absolute Gasteiger partial charge is 0.278 e. The maximum atomic E-state index is 14.6. The monoisotopic (exact) mass is 431 g/mol. The van der Waals surface area contributed by atoms with Gasteiger partial charge in [0.15, 0.2) is 17.4 Å². The van der Waals surface area contributed by atoms with Gasteiger partial charge in [-0.05, 0) is 63.1 Å². The van der Waals surface area contributed by atoms with Crippen LogP contribution >= 0.6 is 11.6 Å². The third kappa shape index (κ3) is 3.41. The van der Waals surface area contributed by atoms with Crippen LogP contribution in [-0.4, -0.2) is 20.8 Å². The Labute approximate surface area is 180 Å². The molecule has 7 heteroatoms. The fraction of sp³-hybridized carbons (Fsp3) is 0.478. The Morgan fingerprint density at radius 3 is 2.53 bits per heavy atom. The van der Waals surface area contributed by atoms with Gasteiger partial charge >= 0.3 is 0 Å². The van der Waals surface area contributed by atoms with E-state index >= 15 is 0 Å². The van der Waals surface area contributed by atoms with E-state index in [2.05, 4.69) is 19.9 Å². The lowest BCUT2D eigenvalue weighted by atomic mass is 9.95. The van der Waals surface area contributed by atoms with Gasteiger partial charge in [0.2, 0.25) is 0 Å². The molecule has 2 heterocycles. The number of fused-ring (bicyclic) bond motifs is 1. The molecule has 1 saturated carbocycles. The van der Waals surface area contributed by atoms with Gasteiger partial charge in [0.1, 0.15) is 5.52 Å². The number of nitrogens with zero attached hydrogens (tertiary/aromatic N) is 3. The van der Waals surface area contributed by atoms with Crippen molar-refractivity contribution in [2.45, 2.75) is 65.3 Å². The molecule has 0 unspecified atom stereocenters. The molecule has 1 aliphatic rings. The molecule has 2 aromatic heterocycles. The number of aryl methyl sites for hydroxylation is 1. The standard InChI is InChI=1S/C23H27ClFN3O2/c1-5-14(6-2)16-10-13(4)28-21(16)23(29)27(15-8-9-15)22(26-28)17-11-19(25)20(30-7-3)12-18(17)24/h10-12,14-15H,5-9H2,1-4H3. The van der Waals surface area contributed by atoms with Crippen molar-refractivity contribution in [2.75, 3.05) is 6.61 Å². The molecular formula is C23H27ClFN3O2. The molecule has 1 aliphatic carbocycles. The Balaban J connectivity index is 2.01. The van der Waals surface area contributed by atoms with Crippen LogP contribution in [0.25, 0.3) is 16.9 Å². The van der Waals surface area contributed by atoms with Crippen molar-refractivity contribution in [1.82, 2.24) is 14.2 Å². The number of hydrogen-bond acceptors (Lipinski definition) is 3. The molecule has 0 radical (unpaired) electrons. The SMILES string of the molecule is CCOc1cc(Cl)c(-c2nn3c(C)cc(C(CC)CC)c3c(=O)n2C2CC2)cc1F. The first-order valence-electron chi connectivity index (χ1n) is 10.7. The highest BCUT2D eigenvalue weighted by molar-refractivity contribution is 6.33. The highest BCUT2D eigenvalue weighted by atomic mass is 35.5. The summed E-state index contributed by atoms with van der Waals surface area (Å²) in [5.74, 6) is 0.278. The lowest BCUT2D eigenvalue weighted by Crippen LogP contribution is -2.26. The number of aromatic nitrogens is 3. The summed E-state index contributed by atoms with van der Waals surface area (Å²) in [6, 6.07) is 4.91. The van der Waals surface area contributed by atoms with Gasteiger partial charge in [0.25, 0.3) is 5.56 Å². The van der Waals surface area contributed by atoms with E-state index in [1.165, 1.54) is 12.1 Å². The number of hydrogen-bond donors (Lipinski definition) is 0. The van der Waals surface area contributed by atoms with E-state index in [4.69, 9.17) is 21.4 Å². The van der Waals surface area contributed by atoms with Crippen molar-refractivity contribution in [3.63, 3.8) is 0 Å². The van der Waals surface area contributed by atoms with Gasteiger partial charge in [0, 0.05) is 23.4 Å². The van der Waals surface area contributed by atoms with Crippen LogP contribution in [0.2, 0.25) is 5.02 Å². The van der Waals surface area contributed by atoms with Crippen LogP contribution < -0.4 is 10.3 Å². The molecule has 4 rings (SSSR count). The van der Waals surface area contributed by atoms with Gasteiger partial charge < -0.3 is 4.74 Å². The fourth-order valence-electron chi connectivity index (χ4n) is 4.21. The zero-order valence-corrected chi connectivity index (χ0v) is 18.6. The Morgan fingerprint density at radius 1 is 1.23 bits per heavy atom. The number of halogens is 2. The average Bonchev–Trinajstić information content (AvgIpc) is 3.49. The molecule has 0 spiro atoms. The largest absolute Gasteiger partial charge is 0.491 e. The van der Waals surface area contributed by atoms with Crippen molar-refractivity contribution < 1.29 is 9.13 Å². The van der Waals surface area contributed by atoms with Gasteiger partial charge in [-0.2, -0.15) is 0 Å². The minimum absolute atomic E-state index is 0.0699. The quantitative estimate of drug-likeness (QED) is 0.467. The second kappa shape index (κ2) is 8.06. The third-order valence-corrected chi connectivity index (χ3v) is 6.24. The first-order valence-corrected chi connectivity index (χ1v) is 11.1. The minimum Gasteiger partial charge on any atom is -0.491 e. The first-order chi connectivity index (χ1) is 14.4. The van der Waals surface area contributed by atoms with E-state index in [1.54, 1.807) is 16.0 Å². The highest BCUT2D eigenvalue weighted by Crippen LogP contribution is 2.40. The first kappa shape index (κ1) is 20.9. The molecule has 0 bridgehead atoms. The summed E-state index contributed by atoms with van der Waals surface area (Å²) in [7, 11) is 0. The van der Waals surface area contributed by atoms with Gasteiger partial charge in [-0.3, -0.25) is 9.36 Å². The molecule has 1 fully saturated rings. The van der Waals surface area contributed by atoms with Gasteiger partial charge in [-0.1, -0.05) is 25.4 Å².